The number of hydrogen-bond acceptors (Lipinski definition) is 5. The Hall–Kier alpha value is -3.09. The summed E-state index contributed by atoms with van der Waals surface area (Å²) in [5.41, 5.74) is 1.68. The van der Waals surface area contributed by atoms with Gasteiger partial charge in [0, 0.05) is 12.4 Å². The van der Waals surface area contributed by atoms with E-state index in [0.717, 1.165) is 16.5 Å². The summed E-state index contributed by atoms with van der Waals surface area (Å²) in [6.45, 7) is 1.07. The molecule has 116 valence electrons. The summed E-state index contributed by atoms with van der Waals surface area (Å²) in [6, 6.07) is 7.32. The fraction of sp³-hybridized carbons (Fsp3) is 0.188. The monoisotopic (exact) mass is 310 g/mol. The summed E-state index contributed by atoms with van der Waals surface area (Å²) < 4.78 is 11.0. The fourth-order valence-electron chi connectivity index (χ4n) is 2.51. The van der Waals surface area contributed by atoms with Crippen molar-refractivity contribution in [3.05, 3.63) is 42.2 Å². The van der Waals surface area contributed by atoms with Crippen LogP contribution in [0.25, 0.3) is 10.9 Å². The number of nitrogens with one attached hydrogen (secondary N) is 2. The minimum Gasteiger partial charge on any atom is -0.486 e. The van der Waals surface area contributed by atoms with Crippen molar-refractivity contribution in [2.45, 2.75) is 6.42 Å². The van der Waals surface area contributed by atoms with Gasteiger partial charge in [-0.15, -0.1) is 0 Å². The molecule has 0 aliphatic carbocycles. The van der Waals surface area contributed by atoms with Crippen molar-refractivity contribution in [1.29, 1.82) is 0 Å². The van der Waals surface area contributed by atoms with Gasteiger partial charge in [-0.25, -0.2) is 0 Å². The maximum absolute atomic E-state index is 12.2. The minimum atomic E-state index is -0.154. The van der Waals surface area contributed by atoms with Crippen LogP contribution in [0.4, 0.5) is 5.82 Å². The largest absolute Gasteiger partial charge is 0.486 e. The Labute approximate surface area is 131 Å². The van der Waals surface area contributed by atoms with Gasteiger partial charge < -0.3 is 14.8 Å². The van der Waals surface area contributed by atoms with E-state index in [4.69, 9.17) is 9.47 Å². The molecular weight excluding hydrogens is 296 g/mol. The number of carbonyl (C=O) groups is 1. The molecule has 7 nitrogen and oxygen atoms in total. The third kappa shape index (κ3) is 2.68. The summed E-state index contributed by atoms with van der Waals surface area (Å²) in [6.07, 6.45) is 3.56. The van der Waals surface area contributed by atoms with Crippen LogP contribution in [0.3, 0.4) is 0 Å². The Bertz CT molecular complexity index is 875. The number of H-pyrrole nitrogens is 1. The quantitative estimate of drug-likeness (QED) is 0.771. The van der Waals surface area contributed by atoms with Crippen LogP contribution in [0.2, 0.25) is 0 Å². The van der Waals surface area contributed by atoms with Crippen LogP contribution in [-0.2, 0) is 11.2 Å². The molecule has 2 aromatic heterocycles. The van der Waals surface area contributed by atoms with Crippen LogP contribution in [0.1, 0.15) is 5.56 Å². The molecule has 0 atom stereocenters. The maximum atomic E-state index is 12.2. The Morgan fingerprint density at radius 1 is 1.22 bits per heavy atom. The third-order valence-electron chi connectivity index (χ3n) is 3.59. The van der Waals surface area contributed by atoms with Gasteiger partial charge in [-0.05, 0) is 23.8 Å². The van der Waals surface area contributed by atoms with Crippen LogP contribution in [0.5, 0.6) is 11.5 Å². The van der Waals surface area contributed by atoms with Crippen molar-refractivity contribution >= 4 is 22.6 Å². The highest BCUT2D eigenvalue weighted by Gasteiger charge is 2.14. The zero-order chi connectivity index (χ0) is 15.6. The minimum absolute atomic E-state index is 0.154. The van der Waals surface area contributed by atoms with E-state index in [9.17, 15) is 4.79 Å². The molecule has 0 saturated carbocycles. The topological polar surface area (TPSA) is 89.1 Å². The number of fused-ring (bicyclic) bond motifs is 2. The summed E-state index contributed by atoms with van der Waals surface area (Å²) in [5.74, 6) is 1.72. The molecule has 1 aromatic carbocycles. The van der Waals surface area contributed by atoms with Gasteiger partial charge in [0.15, 0.2) is 17.3 Å². The number of aromatic amines is 1. The second kappa shape index (κ2) is 5.60. The summed E-state index contributed by atoms with van der Waals surface area (Å²) in [7, 11) is 0. The van der Waals surface area contributed by atoms with Crippen LogP contribution in [0, 0.1) is 0 Å². The van der Waals surface area contributed by atoms with Crippen LogP contribution in [-0.4, -0.2) is 34.3 Å². The second-order valence-corrected chi connectivity index (χ2v) is 5.20. The Morgan fingerprint density at radius 3 is 3.00 bits per heavy atom. The van der Waals surface area contributed by atoms with E-state index >= 15 is 0 Å². The van der Waals surface area contributed by atoms with E-state index in [1.807, 2.05) is 18.2 Å². The van der Waals surface area contributed by atoms with Crippen LogP contribution in [0.15, 0.2) is 36.7 Å². The van der Waals surface area contributed by atoms with Crippen molar-refractivity contribution in [2.75, 3.05) is 18.5 Å². The van der Waals surface area contributed by atoms with Crippen molar-refractivity contribution < 1.29 is 14.3 Å². The zero-order valence-electron chi connectivity index (χ0n) is 12.2. The highest BCUT2D eigenvalue weighted by Crippen LogP contribution is 2.31. The number of rotatable bonds is 3. The van der Waals surface area contributed by atoms with Crippen molar-refractivity contribution in [2.24, 2.45) is 0 Å². The van der Waals surface area contributed by atoms with E-state index in [1.54, 1.807) is 18.5 Å². The lowest BCUT2D eigenvalue weighted by Crippen LogP contribution is -2.17. The van der Waals surface area contributed by atoms with Crippen molar-refractivity contribution in [3.8, 4) is 11.5 Å². The predicted octanol–water partition coefficient (Wildman–Crippen LogP) is 1.91. The molecule has 2 N–H and O–H groups in total. The lowest BCUT2D eigenvalue weighted by atomic mass is 10.1. The number of benzene rings is 1. The van der Waals surface area contributed by atoms with E-state index in [2.05, 4.69) is 20.5 Å². The zero-order valence-corrected chi connectivity index (χ0v) is 12.2. The van der Waals surface area contributed by atoms with E-state index in [0.29, 0.717) is 30.5 Å². The normalized spacial score (nSPS) is 13.0. The molecule has 1 aliphatic heterocycles. The number of aromatic nitrogens is 3. The summed E-state index contributed by atoms with van der Waals surface area (Å²) >= 11 is 0. The highest BCUT2D eigenvalue weighted by molar-refractivity contribution is 5.99. The molecule has 7 heteroatoms. The van der Waals surface area contributed by atoms with E-state index in [-0.39, 0.29) is 12.3 Å². The van der Waals surface area contributed by atoms with E-state index < -0.39 is 0 Å². The number of carbonyl (C=O) groups excluding carboxylic acids is 1. The SMILES string of the molecule is O=C(Cc1ccc2c(c1)OCCO2)Nc1n[nH]c2ccncc12. The number of anilines is 1. The molecule has 0 spiro atoms. The molecule has 0 saturated heterocycles. The van der Waals surface area contributed by atoms with Gasteiger partial charge in [0.05, 0.1) is 17.3 Å². The molecule has 0 bridgehead atoms. The standard InChI is InChI=1S/C16H14N4O3/c21-15(18-16-11-9-17-4-3-12(11)19-20-16)8-10-1-2-13-14(7-10)23-6-5-22-13/h1-4,7,9H,5-6,8H2,(H2,18,19,20,21). The Kier molecular flexibility index (Phi) is 3.30. The summed E-state index contributed by atoms with van der Waals surface area (Å²) in [5, 5.41) is 10.5. The Morgan fingerprint density at radius 2 is 2.09 bits per heavy atom. The van der Waals surface area contributed by atoms with Gasteiger partial charge in [-0.2, -0.15) is 5.10 Å². The molecule has 4 rings (SSSR count). The molecule has 3 aromatic rings. The third-order valence-corrected chi connectivity index (χ3v) is 3.59. The molecule has 3 heterocycles. The fourth-order valence-corrected chi connectivity index (χ4v) is 2.51. The van der Waals surface area contributed by atoms with Gasteiger partial charge in [-0.3, -0.25) is 14.9 Å². The number of nitrogens with zero attached hydrogens (tertiary/aromatic N) is 2. The first-order valence-corrected chi connectivity index (χ1v) is 7.26. The van der Waals surface area contributed by atoms with Crippen LogP contribution >= 0.6 is 0 Å². The van der Waals surface area contributed by atoms with Crippen LogP contribution < -0.4 is 14.8 Å². The van der Waals surface area contributed by atoms with Gasteiger partial charge >= 0.3 is 0 Å². The average Bonchev–Trinajstić information content (AvgIpc) is 2.98. The average molecular weight is 310 g/mol. The predicted molar refractivity (Wildman–Crippen MR) is 83.7 cm³/mol. The molecular formula is C16H14N4O3. The number of amides is 1. The molecule has 23 heavy (non-hydrogen) atoms. The smallest absolute Gasteiger partial charge is 0.230 e. The van der Waals surface area contributed by atoms with Gasteiger partial charge in [0.1, 0.15) is 13.2 Å². The molecule has 0 fully saturated rings. The first kappa shape index (κ1) is 13.6. The second-order valence-electron chi connectivity index (χ2n) is 5.20. The molecule has 0 radical (unpaired) electrons. The lowest BCUT2D eigenvalue weighted by Gasteiger charge is -2.18. The number of ether oxygens (including phenoxy) is 2. The first-order chi connectivity index (χ1) is 11.3. The Balaban J connectivity index is 1.50. The van der Waals surface area contributed by atoms with Gasteiger partial charge in [0.25, 0.3) is 0 Å². The first-order valence-electron chi connectivity index (χ1n) is 7.26. The van der Waals surface area contributed by atoms with E-state index in [1.165, 1.54) is 0 Å². The molecule has 0 unspecified atom stereocenters. The number of pyridine rings is 1. The molecule has 1 amide bonds. The maximum Gasteiger partial charge on any atom is 0.230 e. The van der Waals surface area contributed by atoms with Gasteiger partial charge in [-0.1, -0.05) is 6.07 Å². The summed E-state index contributed by atoms with van der Waals surface area (Å²) in [4.78, 5) is 16.3. The highest BCUT2D eigenvalue weighted by atomic mass is 16.6. The number of hydrogen-bond donors (Lipinski definition) is 2. The lowest BCUT2D eigenvalue weighted by molar-refractivity contribution is -0.115. The van der Waals surface area contributed by atoms with Crippen molar-refractivity contribution in [1.82, 2.24) is 15.2 Å². The molecule has 1 aliphatic rings. The van der Waals surface area contributed by atoms with Gasteiger partial charge in [0.2, 0.25) is 5.91 Å². The van der Waals surface area contributed by atoms with Crippen molar-refractivity contribution in [3.63, 3.8) is 0 Å².